The Bertz CT molecular complexity index is 443. The normalized spacial score (nSPS) is 15.6. The van der Waals surface area contributed by atoms with Gasteiger partial charge in [0.05, 0.1) is 0 Å². The van der Waals surface area contributed by atoms with Gasteiger partial charge in [-0.25, -0.2) is 4.99 Å². The molecule has 6 heteroatoms. The molecule has 0 bridgehead atoms. The third-order valence-corrected chi connectivity index (χ3v) is 2.89. The van der Waals surface area contributed by atoms with E-state index in [-0.39, 0.29) is 0 Å². The van der Waals surface area contributed by atoms with Gasteiger partial charge in [0.15, 0.2) is 11.8 Å². The highest BCUT2D eigenvalue weighted by atomic mass is 15.3. The lowest BCUT2D eigenvalue weighted by Crippen LogP contribution is -2.38. The Morgan fingerprint density at radius 2 is 2.33 bits per heavy atom. The molecular weight excluding hydrogens is 228 g/mol. The summed E-state index contributed by atoms with van der Waals surface area (Å²) < 4.78 is 1.95. The summed E-state index contributed by atoms with van der Waals surface area (Å²) in [5, 5.41) is 14.7. The van der Waals surface area contributed by atoms with Crippen LogP contribution in [0.1, 0.15) is 24.5 Å². The van der Waals surface area contributed by atoms with Crippen molar-refractivity contribution in [2.75, 3.05) is 6.54 Å². The number of guanidine groups is 1. The van der Waals surface area contributed by atoms with Gasteiger partial charge >= 0.3 is 0 Å². The molecule has 0 saturated heterocycles. The first-order valence-electron chi connectivity index (χ1n) is 6.21. The average molecular weight is 248 g/mol. The summed E-state index contributed by atoms with van der Waals surface area (Å²) in [4.78, 5) is 4.51. The molecule has 1 aliphatic rings. The molecule has 1 heterocycles. The highest BCUT2D eigenvalue weighted by molar-refractivity contribution is 5.80. The quantitative estimate of drug-likeness (QED) is 0.452. The van der Waals surface area contributed by atoms with Gasteiger partial charge in [-0.15, -0.1) is 16.8 Å². The van der Waals surface area contributed by atoms with Crippen molar-refractivity contribution in [1.29, 1.82) is 0 Å². The Morgan fingerprint density at radius 3 is 2.89 bits per heavy atom. The average Bonchev–Trinajstić information content (AvgIpc) is 3.12. The molecule has 1 aromatic heterocycles. The molecule has 18 heavy (non-hydrogen) atoms. The van der Waals surface area contributed by atoms with Gasteiger partial charge in [0.2, 0.25) is 0 Å². The summed E-state index contributed by atoms with van der Waals surface area (Å²) in [6.07, 6.45) is 4.26. The third-order valence-electron chi connectivity index (χ3n) is 2.89. The molecule has 2 rings (SSSR count). The highest BCUT2D eigenvalue weighted by Crippen LogP contribution is 2.18. The Morgan fingerprint density at radius 1 is 1.56 bits per heavy atom. The maximum atomic E-state index is 4.51. The molecule has 6 nitrogen and oxygen atoms in total. The van der Waals surface area contributed by atoms with Crippen molar-refractivity contribution in [2.24, 2.45) is 12.0 Å². The molecule has 0 atom stereocenters. The van der Waals surface area contributed by atoms with Crippen LogP contribution in [0.15, 0.2) is 17.6 Å². The van der Waals surface area contributed by atoms with Crippen molar-refractivity contribution in [3.8, 4) is 0 Å². The van der Waals surface area contributed by atoms with Gasteiger partial charge in [0, 0.05) is 19.6 Å². The second kappa shape index (κ2) is 5.66. The first-order valence-corrected chi connectivity index (χ1v) is 6.21. The first kappa shape index (κ1) is 12.6. The SMILES string of the molecule is C=CCNC(=NCc1nnc(C)n1C)NC1CC1. The standard InChI is InChI=1S/C12H20N6/c1-4-7-13-12(15-10-5-6-10)14-8-11-17-16-9(2)18(11)3/h4,10H,1,5-8H2,2-3H3,(H2,13,14,15). The van der Waals surface area contributed by atoms with Crippen molar-refractivity contribution < 1.29 is 0 Å². The number of nitrogens with one attached hydrogen (secondary N) is 2. The van der Waals surface area contributed by atoms with Crippen molar-refractivity contribution in [3.63, 3.8) is 0 Å². The summed E-state index contributed by atoms with van der Waals surface area (Å²) >= 11 is 0. The molecule has 0 aliphatic heterocycles. The van der Waals surface area contributed by atoms with Crippen molar-refractivity contribution in [2.45, 2.75) is 32.4 Å². The molecule has 0 spiro atoms. The summed E-state index contributed by atoms with van der Waals surface area (Å²) in [5.74, 6) is 2.58. The Labute approximate surface area is 107 Å². The predicted octanol–water partition coefficient (Wildman–Crippen LogP) is 0.507. The van der Waals surface area contributed by atoms with Crippen molar-refractivity contribution in [3.05, 3.63) is 24.3 Å². The number of rotatable bonds is 5. The Kier molecular flexibility index (Phi) is 3.96. The summed E-state index contributed by atoms with van der Waals surface area (Å²) in [6, 6.07) is 0.572. The zero-order chi connectivity index (χ0) is 13.0. The van der Waals surface area contributed by atoms with Gasteiger partial charge in [-0.1, -0.05) is 6.08 Å². The highest BCUT2D eigenvalue weighted by Gasteiger charge is 2.22. The van der Waals surface area contributed by atoms with Gasteiger partial charge in [0.1, 0.15) is 12.4 Å². The molecule has 2 N–H and O–H groups in total. The molecule has 1 fully saturated rings. The fraction of sp³-hybridized carbons (Fsp3) is 0.583. The lowest BCUT2D eigenvalue weighted by molar-refractivity contribution is 0.758. The molecular formula is C12H20N6. The topological polar surface area (TPSA) is 67.1 Å². The zero-order valence-electron chi connectivity index (χ0n) is 11.0. The van der Waals surface area contributed by atoms with E-state index < -0.39 is 0 Å². The molecule has 1 aliphatic carbocycles. The van der Waals surface area contributed by atoms with E-state index in [1.54, 1.807) is 0 Å². The van der Waals surface area contributed by atoms with Crippen molar-refractivity contribution in [1.82, 2.24) is 25.4 Å². The number of aryl methyl sites for hydroxylation is 1. The Hall–Kier alpha value is -1.85. The van der Waals surface area contributed by atoms with E-state index in [4.69, 9.17) is 0 Å². The van der Waals surface area contributed by atoms with E-state index in [1.807, 2.05) is 24.6 Å². The minimum absolute atomic E-state index is 0.524. The van der Waals surface area contributed by atoms with Crippen LogP contribution in [0.4, 0.5) is 0 Å². The monoisotopic (exact) mass is 248 g/mol. The van der Waals surface area contributed by atoms with Gasteiger partial charge in [-0.3, -0.25) is 0 Å². The number of aromatic nitrogens is 3. The molecule has 0 aromatic carbocycles. The first-order chi connectivity index (χ1) is 8.70. The van der Waals surface area contributed by atoms with Gasteiger partial charge in [0.25, 0.3) is 0 Å². The third kappa shape index (κ3) is 3.32. The lowest BCUT2D eigenvalue weighted by atomic mass is 10.5. The maximum absolute atomic E-state index is 4.51. The number of hydrogen-bond acceptors (Lipinski definition) is 3. The minimum Gasteiger partial charge on any atom is -0.354 e. The van der Waals surface area contributed by atoms with E-state index in [0.29, 0.717) is 19.1 Å². The van der Waals surface area contributed by atoms with E-state index in [1.165, 1.54) is 12.8 Å². The van der Waals surface area contributed by atoms with E-state index >= 15 is 0 Å². The van der Waals surface area contributed by atoms with Crippen LogP contribution in [-0.2, 0) is 13.6 Å². The van der Waals surface area contributed by atoms with Crippen LogP contribution in [0, 0.1) is 6.92 Å². The predicted molar refractivity (Wildman–Crippen MR) is 71.2 cm³/mol. The second-order valence-corrected chi connectivity index (χ2v) is 4.48. The fourth-order valence-electron chi connectivity index (χ4n) is 1.48. The molecule has 98 valence electrons. The smallest absolute Gasteiger partial charge is 0.192 e. The molecule has 0 radical (unpaired) electrons. The summed E-state index contributed by atoms with van der Waals surface area (Å²) in [6.45, 7) is 6.85. The van der Waals surface area contributed by atoms with E-state index in [2.05, 4.69) is 32.4 Å². The lowest BCUT2D eigenvalue weighted by Gasteiger charge is -2.10. The molecule has 1 aromatic rings. The number of hydrogen-bond donors (Lipinski definition) is 2. The van der Waals surface area contributed by atoms with Crippen LogP contribution in [0.3, 0.4) is 0 Å². The molecule has 1 saturated carbocycles. The summed E-state index contributed by atoms with van der Waals surface area (Å²) in [7, 11) is 1.95. The Balaban J connectivity index is 1.97. The van der Waals surface area contributed by atoms with Gasteiger partial charge in [-0.05, 0) is 19.8 Å². The van der Waals surface area contributed by atoms with E-state index in [9.17, 15) is 0 Å². The second-order valence-electron chi connectivity index (χ2n) is 4.48. The van der Waals surface area contributed by atoms with Crippen LogP contribution >= 0.6 is 0 Å². The molecule has 0 amide bonds. The van der Waals surface area contributed by atoms with E-state index in [0.717, 1.165) is 17.6 Å². The largest absolute Gasteiger partial charge is 0.354 e. The van der Waals surface area contributed by atoms with Gasteiger partial charge in [-0.2, -0.15) is 0 Å². The molecule has 0 unspecified atom stereocenters. The van der Waals surface area contributed by atoms with Crippen LogP contribution < -0.4 is 10.6 Å². The van der Waals surface area contributed by atoms with Crippen LogP contribution in [0.2, 0.25) is 0 Å². The van der Waals surface area contributed by atoms with Crippen molar-refractivity contribution >= 4 is 5.96 Å². The zero-order valence-corrected chi connectivity index (χ0v) is 11.0. The van der Waals surface area contributed by atoms with Crippen LogP contribution in [0.5, 0.6) is 0 Å². The van der Waals surface area contributed by atoms with Crippen LogP contribution in [0.25, 0.3) is 0 Å². The van der Waals surface area contributed by atoms with Gasteiger partial charge < -0.3 is 15.2 Å². The maximum Gasteiger partial charge on any atom is 0.192 e. The van der Waals surface area contributed by atoms with Crippen LogP contribution in [-0.4, -0.2) is 33.3 Å². The fourth-order valence-corrected chi connectivity index (χ4v) is 1.48. The number of nitrogens with zero attached hydrogens (tertiary/aromatic N) is 4. The minimum atomic E-state index is 0.524. The summed E-state index contributed by atoms with van der Waals surface area (Å²) in [5.41, 5.74) is 0. The number of aliphatic imine (C=N–C) groups is 1.